The normalized spacial score (nSPS) is 13.8. The fourth-order valence-corrected chi connectivity index (χ4v) is 3.49. The Labute approximate surface area is 113 Å². The largest absolute Gasteiger partial charge is 0.330 e. The highest BCUT2D eigenvalue weighted by Gasteiger charge is 2.25. The van der Waals surface area contributed by atoms with Crippen LogP contribution in [-0.4, -0.2) is 30.0 Å². The fourth-order valence-electron chi connectivity index (χ4n) is 1.75. The Morgan fingerprint density at radius 2 is 2.11 bits per heavy atom. The maximum absolute atomic E-state index is 12.2. The number of rotatable bonds is 6. The van der Waals surface area contributed by atoms with Crippen LogP contribution in [0.3, 0.4) is 0 Å². The van der Waals surface area contributed by atoms with Crippen molar-refractivity contribution < 1.29 is 8.42 Å². The molecule has 0 amide bonds. The summed E-state index contributed by atoms with van der Waals surface area (Å²) in [6.45, 7) is 6.32. The van der Waals surface area contributed by atoms with Crippen molar-refractivity contribution in [1.82, 2.24) is 9.78 Å². The van der Waals surface area contributed by atoms with Crippen molar-refractivity contribution in [2.45, 2.75) is 44.7 Å². The van der Waals surface area contributed by atoms with Crippen LogP contribution in [0, 0.1) is 6.92 Å². The molecule has 0 radical (unpaired) electrons. The van der Waals surface area contributed by atoms with Gasteiger partial charge in [0.25, 0.3) is 0 Å². The van der Waals surface area contributed by atoms with Crippen LogP contribution in [0.15, 0.2) is 0 Å². The first-order chi connectivity index (χ1) is 8.33. The van der Waals surface area contributed by atoms with E-state index in [2.05, 4.69) is 5.10 Å². The molecule has 0 bridgehead atoms. The number of sulfone groups is 1. The molecule has 104 valence electrons. The zero-order valence-corrected chi connectivity index (χ0v) is 12.6. The summed E-state index contributed by atoms with van der Waals surface area (Å²) < 4.78 is 26.0. The first kappa shape index (κ1) is 15.5. The molecule has 7 heteroatoms. The van der Waals surface area contributed by atoms with Gasteiger partial charge in [-0.2, -0.15) is 5.10 Å². The van der Waals surface area contributed by atoms with E-state index < -0.39 is 15.1 Å². The molecule has 1 aromatic rings. The Balaban J connectivity index is 3.04. The number of hydrogen-bond donors (Lipinski definition) is 1. The zero-order chi connectivity index (χ0) is 13.9. The van der Waals surface area contributed by atoms with Crippen LogP contribution >= 0.6 is 11.6 Å². The minimum absolute atomic E-state index is 0.0817. The van der Waals surface area contributed by atoms with Crippen LogP contribution in [0.1, 0.15) is 31.7 Å². The van der Waals surface area contributed by atoms with Gasteiger partial charge in [0.15, 0.2) is 9.84 Å². The zero-order valence-electron chi connectivity index (χ0n) is 11.0. The standard InChI is InChI=1S/C11H20ClN3O2S/c1-4-15-10(11(12)9(3)14-15)7-18(16,17)8(2)5-6-13/h8H,4-7,13H2,1-3H3. The van der Waals surface area contributed by atoms with E-state index in [1.807, 2.05) is 6.92 Å². The van der Waals surface area contributed by atoms with Crippen molar-refractivity contribution in [2.75, 3.05) is 6.54 Å². The van der Waals surface area contributed by atoms with Crippen LogP contribution in [-0.2, 0) is 22.1 Å². The van der Waals surface area contributed by atoms with Crippen molar-refractivity contribution in [2.24, 2.45) is 5.73 Å². The van der Waals surface area contributed by atoms with E-state index in [9.17, 15) is 8.42 Å². The molecule has 0 spiro atoms. The molecule has 1 aromatic heterocycles. The molecule has 0 saturated carbocycles. The van der Waals surface area contributed by atoms with Crippen LogP contribution in [0.5, 0.6) is 0 Å². The van der Waals surface area contributed by atoms with Gasteiger partial charge in [-0.25, -0.2) is 8.42 Å². The average molecular weight is 294 g/mol. The van der Waals surface area contributed by atoms with E-state index in [1.54, 1.807) is 18.5 Å². The van der Waals surface area contributed by atoms with Gasteiger partial charge in [-0.15, -0.1) is 0 Å². The molecular formula is C11H20ClN3O2S. The summed E-state index contributed by atoms with van der Waals surface area (Å²) >= 11 is 6.11. The van der Waals surface area contributed by atoms with Crippen LogP contribution in [0.4, 0.5) is 0 Å². The number of nitrogens with two attached hydrogens (primary N) is 1. The van der Waals surface area contributed by atoms with Crippen LogP contribution in [0.2, 0.25) is 5.02 Å². The lowest BCUT2D eigenvalue weighted by molar-refractivity contribution is 0.570. The summed E-state index contributed by atoms with van der Waals surface area (Å²) in [6, 6.07) is 0. The molecule has 1 heterocycles. The highest BCUT2D eigenvalue weighted by molar-refractivity contribution is 7.91. The minimum Gasteiger partial charge on any atom is -0.330 e. The van der Waals surface area contributed by atoms with Gasteiger partial charge < -0.3 is 5.73 Å². The lowest BCUT2D eigenvalue weighted by atomic mass is 10.3. The Morgan fingerprint density at radius 3 is 2.61 bits per heavy atom. The van der Waals surface area contributed by atoms with E-state index in [-0.39, 0.29) is 5.75 Å². The second kappa shape index (κ2) is 6.04. The topological polar surface area (TPSA) is 78.0 Å². The van der Waals surface area contributed by atoms with Gasteiger partial charge >= 0.3 is 0 Å². The molecule has 18 heavy (non-hydrogen) atoms. The molecule has 0 fully saturated rings. The monoisotopic (exact) mass is 293 g/mol. The van der Waals surface area contributed by atoms with Gasteiger partial charge in [0, 0.05) is 6.54 Å². The maximum Gasteiger partial charge on any atom is 0.158 e. The number of halogens is 1. The summed E-state index contributed by atoms with van der Waals surface area (Å²) in [5.74, 6) is -0.0817. The molecule has 0 aromatic carbocycles. The van der Waals surface area contributed by atoms with Crippen molar-refractivity contribution in [3.05, 3.63) is 16.4 Å². The molecule has 0 saturated heterocycles. The van der Waals surface area contributed by atoms with Crippen molar-refractivity contribution >= 4 is 21.4 Å². The summed E-state index contributed by atoms with van der Waals surface area (Å²) in [5.41, 5.74) is 6.63. The first-order valence-electron chi connectivity index (χ1n) is 5.96. The fraction of sp³-hybridized carbons (Fsp3) is 0.727. The van der Waals surface area contributed by atoms with Crippen LogP contribution < -0.4 is 5.73 Å². The predicted molar refractivity (Wildman–Crippen MR) is 73.4 cm³/mol. The molecule has 0 aliphatic heterocycles. The molecule has 1 atom stereocenters. The number of aryl methyl sites for hydroxylation is 2. The van der Waals surface area contributed by atoms with Gasteiger partial charge in [0.2, 0.25) is 0 Å². The van der Waals surface area contributed by atoms with Crippen molar-refractivity contribution in [3.63, 3.8) is 0 Å². The third kappa shape index (κ3) is 3.24. The summed E-state index contributed by atoms with van der Waals surface area (Å²) in [7, 11) is -3.24. The molecule has 2 N–H and O–H groups in total. The van der Waals surface area contributed by atoms with E-state index in [0.29, 0.717) is 35.9 Å². The van der Waals surface area contributed by atoms with E-state index in [0.717, 1.165) is 0 Å². The van der Waals surface area contributed by atoms with Crippen molar-refractivity contribution in [1.29, 1.82) is 0 Å². The van der Waals surface area contributed by atoms with E-state index >= 15 is 0 Å². The minimum atomic E-state index is -3.24. The van der Waals surface area contributed by atoms with Crippen molar-refractivity contribution in [3.8, 4) is 0 Å². The highest BCUT2D eigenvalue weighted by Crippen LogP contribution is 2.24. The molecule has 0 aliphatic carbocycles. The maximum atomic E-state index is 12.2. The third-order valence-electron chi connectivity index (χ3n) is 2.98. The molecule has 1 rings (SSSR count). The highest BCUT2D eigenvalue weighted by atomic mass is 35.5. The van der Waals surface area contributed by atoms with E-state index in [1.165, 1.54) is 0 Å². The Hall–Kier alpha value is -0.590. The molecule has 5 nitrogen and oxygen atoms in total. The average Bonchev–Trinajstić information content (AvgIpc) is 2.56. The number of hydrogen-bond acceptors (Lipinski definition) is 4. The Kier molecular flexibility index (Phi) is 5.19. The molecular weight excluding hydrogens is 274 g/mol. The van der Waals surface area contributed by atoms with Crippen LogP contribution in [0.25, 0.3) is 0 Å². The second-order valence-electron chi connectivity index (χ2n) is 4.36. The predicted octanol–water partition coefficient (Wildman–Crippen LogP) is 1.52. The smallest absolute Gasteiger partial charge is 0.158 e. The second-order valence-corrected chi connectivity index (χ2v) is 7.15. The van der Waals surface area contributed by atoms with Gasteiger partial charge in [0.05, 0.1) is 27.4 Å². The SMILES string of the molecule is CCn1nc(C)c(Cl)c1CS(=O)(=O)C(C)CCN. The van der Waals surface area contributed by atoms with E-state index in [4.69, 9.17) is 17.3 Å². The third-order valence-corrected chi connectivity index (χ3v) is 5.61. The lowest BCUT2D eigenvalue weighted by Crippen LogP contribution is -2.24. The number of nitrogens with zero attached hydrogens (tertiary/aromatic N) is 2. The Morgan fingerprint density at radius 1 is 1.50 bits per heavy atom. The number of aromatic nitrogens is 2. The van der Waals surface area contributed by atoms with Gasteiger partial charge in [-0.1, -0.05) is 11.6 Å². The Bertz CT molecular complexity index is 511. The summed E-state index contributed by atoms with van der Waals surface area (Å²) in [4.78, 5) is 0. The first-order valence-corrected chi connectivity index (χ1v) is 8.06. The summed E-state index contributed by atoms with van der Waals surface area (Å²) in [6.07, 6.45) is 0.458. The summed E-state index contributed by atoms with van der Waals surface area (Å²) in [5, 5.41) is 4.20. The lowest BCUT2D eigenvalue weighted by Gasteiger charge is -2.12. The van der Waals surface area contributed by atoms with Gasteiger partial charge in [0.1, 0.15) is 0 Å². The molecule has 1 unspecified atom stereocenters. The quantitative estimate of drug-likeness (QED) is 0.862. The van der Waals surface area contributed by atoms with Gasteiger partial charge in [-0.05, 0) is 33.7 Å². The van der Waals surface area contributed by atoms with Gasteiger partial charge in [-0.3, -0.25) is 4.68 Å². The molecule has 0 aliphatic rings.